The van der Waals surface area contributed by atoms with Crippen LogP contribution in [-0.2, 0) is 0 Å². The topological polar surface area (TPSA) is 26.0 Å². The van der Waals surface area contributed by atoms with Crippen LogP contribution in [0.5, 0.6) is 0 Å². The third-order valence-corrected chi connectivity index (χ3v) is 8.71. The van der Waals surface area contributed by atoms with Crippen molar-refractivity contribution in [2.24, 2.45) is 0 Å². The third-order valence-electron chi connectivity index (χ3n) is 8.71. The molecule has 0 aliphatic carbocycles. The number of nitrogens with zero attached hydrogens (tertiary/aromatic N) is 1. The lowest BCUT2D eigenvalue weighted by atomic mass is 9.84. The van der Waals surface area contributed by atoms with Gasteiger partial charge in [-0.3, -0.25) is 4.98 Å². The van der Waals surface area contributed by atoms with Gasteiger partial charge < -0.3 is 4.42 Å². The number of furan rings is 1. The van der Waals surface area contributed by atoms with Gasteiger partial charge in [-0.2, -0.15) is 0 Å². The smallest absolute Gasteiger partial charge is 0.136 e. The molecule has 0 unspecified atom stereocenters. The first-order valence-corrected chi connectivity index (χ1v) is 14.6. The zero-order valence-electron chi connectivity index (χ0n) is 23.3. The van der Waals surface area contributed by atoms with Gasteiger partial charge in [-0.05, 0) is 90.5 Å². The summed E-state index contributed by atoms with van der Waals surface area (Å²) in [4.78, 5) is 4.42. The standard InChI is InChI=1S/C41H25NO/c1-2-11-27-22-28(20-19-26(27)10-1)39-31-13-3-5-15-33(31)40(34-16-6-4-14-32(34)39)36-23-30(29-12-9-21-42-25-29)24-38-41(36)35-17-7-8-18-37(35)43-38/h1-25H. The van der Waals surface area contributed by atoms with E-state index in [2.05, 4.69) is 132 Å². The first kappa shape index (κ1) is 23.9. The number of hydrogen-bond donors (Lipinski definition) is 0. The maximum atomic E-state index is 6.51. The molecule has 0 radical (unpaired) electrons. The van der Waals surface area contributed by atoms with Crippen molar-refractivity contribution in [1.82, 2.24) is 4.98 Å². The highest BCUT2D eigenvalue weighted by Gasteiger charge is 2.21. The fraction of sp³-hybridized carbons (Fsp3) is 0. The number of pyridine rings is 1. The molecule has 43 heavy (non-hydrogen) atoms. The molecule has 0 bridgehead atoms. The second-order valence-corrected chi connectivity index (χ2v) is 11.1. The number of para-hydroxylation sites is 1. The third kappa shape index (κ3) is 3.70. The minimum absolute atomic E-state index is 0.879. The molecule has 9 rings (SSSR count). The Morgan fingerprint density at radius 2 is 1.07 bits per heavy atom. The average molecular weight is 548 g/mol. The van der Waals surface area contributed by atoms with E-state index in [1.807, 2.05) is 24.5 Å². The van der Waals surface area contributed by atoms with Crippen molar-refractivity contribution in [3.63, 3.8) is 0 Å². The molecule has 2 nitrogen and oxygen atoms in total. The van der Waals surface area contributed by atoms with E-state index in [4.69, 9.17) is 4.42 Å². The van der Waals surface area contributed by atoms with Crippen molar-refractivity contribution in [2.75, 3.05) is 0 Å². The minimum Gasteiger partial charge on any atom is -0.456 e. The molecule has 0 spiro atoms. The maximum Gasteiger partial charge on any atom is 0.136 e. The van der Waals surface area contributed by atoms with E-state index in [0.717, 1.165) is 33.1 Å². The van der Waals surface area contributed by atoms with E-state index in [1.165, 1.54) is 54.6 Å². The molecule has 0 saturated carbocycles. The molecular weight excluding hydrogens is 522 g/mol. The van der Waals surface area contributed by atoms with Crippen LogP contribution in [0.4, 0.5) is 0 Å². The fourth-order valence-corrected chi connectivity index (χ4v) is 6.83. The van der Waals surface area contributed by atoms with Gasteiger partial charge in [0.1, 0.15) is 11.2 Å². The second kappa shape index (κ2) is 9.40. The van der Waals surface area contributed by atoms with Crippen LogP contribution in [0.15, 0.2) is 156 Å². The molecule has 0 fully saturated rings. The van der Waals surface area contributed by atoms with Crippen molar-refractivity contribution < 1.29 is 4.42 Å². The fourth-order valence-electron chi connectivity index (χ4n) is 6.83. The van der Waals surface area contributed by atoms with Gasteiger partial charge in [0.15, 0.2) is 0 Å². The monoisotopic (exact) mass is 547 g/mol. The summed E-state index contributed by atoms with van der Waals surface area (Å²) >= 11 is 0. The summed E-state index contributed by atoms with van der Waals surface area (Å²) in [6.07, 6.45) is 3.74. The van der Waals surface area contributed by atoms with E-state index >= 15 is 0 Å². The first-order chi connectivity index (χ1) is 21.3. The molecule has 200 valence electrons. The molecule has 0 amide bonds. The molecule has 2 heteroatoms. The molecule has 0 aliphatic heterocycles. The molecule has 0 atom stereocenters. The summed E-state index contributed by atoms with van der Waals surface area (Å²) in [6.45, 7) is 0. The van der Waals surface area contributed by atoms with E-state index in [-0.39, 0.29) is 0 Å². The van der Waals surface area contributed by atoms with Crippen LogP contribution >= 0.6 is 0 Å². The number of rotatable bonds is 3. The van der Waals surface area contributed by atoms with Crippen LogP contribution in [0.2, 0.25) is 0 Å². The Kier molecular flexibility index (Phi) is 5.23. The molecular formula is C41H25NO. The first-order valence-electron chi connectivity index (χ1n) is 14.6. The lowest BCUT2D eigenvalue weighted by Crippen LogP contribution is -1.92. The molecule has 0 N–H and O–H groups in total. The zero-order chi connectivity index (χ0) is 28.3. The highest BCUT2D eigenvalue weighted by molar-refractivity contribution is 6.26. The normalized spacial score (nSPS) is 11.7. The van der Waals surface area contributed by atoms with Crippen molar-refractivity contribution in [3.05, 3.63) is 152 Å². The van der Waals surface area contributed by atoms with Crippen molar-refractivity contribution in [3.8, 4) is 33.4 Å². The van der Waals surface area contributed by atoms with Crippen LogP contribution in [0.1, 0.15) is 0 Å². The molecule has 0 aliphatic rings. The Balaban J connectivity index is 1.45. The van der Waals surface area contributed by atoms with Gasteiger partial charge >= 0.3 is 0 Å². The Morgan fingerprint density at radius 1 is 0.419 bits per heavy atom. The van der Waals surface area contributed by atoms with Gasteiger partial charge in [0.25, 0.3) is 0 Å². The largest absolute Gasteiger partial charge is 0.456 e. The van der Waals surface area contributed by atoms with E-state index in [1.54, 1.807) is 0 Å². The molecule has 9 aromatic rings. The number of benzene rings is 7. The van der Waals surface area contributed by atoms with E-state index in [0.29, 0.717) is 0 Å². The number of fused-ring (bicyclic) bond motifs is 6. The van der Waals surface area contributed by atoms with Crippen LogP contribution in [-0.4, -0.2) is 4.98 Å². The molecule has 2 aromatic heterocycles. The van der Waals surface area contributed by atoms with Crippen LogP contribution < -0.4 is 0 Å². The Hall–Kier alpha value is -5.73. The quantitative estimate of drug-likeness (QED) is 0.206. The minimum atomic E-state index is 0.879. The van der Waals surface area contributed by atoms with Crippen molar-refractivity contribution in [1.29, 1.82) is 0 Å². The Morgan fingerprint density at radius 3 is 1.79 bits per heavy atom. The average Bonchev–Trinajstić information content (AvgIpc) is 3.46. The maximum absolute atomic E-state index is 6.51. The summed E-state index contributed by atoms with van der Waals surface area (Å²) in [5.74, 6) is 0. The summed E-state index contributed by atoms with van der Waals surface area (Å²) in [5, 5.41) is 9.66. The summed E-state index contributed by atoms with van der Waals surface area (Å²) < 4.78 is 6.51. The highest BCUT2D eigenvalue weighted by atomic mass is 16.3. The van der Waals surface area contributed by atoms with E-state index in [9.17, 15) is 0 Å². The van der Waals surface area contributed by atoms with Gasteiger partial charge in [-0.15, -0.1) is 0 Å². The predicted molar refractivity (Wildman–Crippen MR) is 180 cm³/mol. The van der Waals surface area contributed by atoms with Crippen LogP contribution in [0.25, 0.3) is 87.6 Å². The highest BCUT2D eigenvalue weighted by Crippen LogP contribution is 2.48. The second-order valence-electron chi connectivity index (χ2n) is 11.1. The lowest BCUT2D eigenvalue weighted by Gasteiger charge is -2.19. The van der Waals surface area contributed by atoms with Gasteiger partial charge in [0.05, 0.1) is 0 Å². The summed E-state index contributed by atoms with van der Waals surface area (Å²) in [7, 11) is 0. The Labute approximate surface area is 248 Å². The molecule has 2 heterocycles. The zero-order valence-corrected chi connectivity index (χ0v) is 23.3. The van der Waals surface area contributed by atoms with Gasteiger partial charge in [0, 0.05) is 28.7 Å². The molecule has 0 saturated heterocycles. The van der Waals surface area contributed by atoms with Gasteiger partial charge in [-0.1, -0.05) is 109 Å². The van der Waals surface area contributed by atoms with Crippen LogP contribution in [0, 0.1) is 0 Å². The van der Waals surface area contributed by atoms with E-state index < -0.39 is 0 Å². The number of hydrogen-bond acceptors (Lipinski definition) is 2. The SMILES string of the molecule is c1cncc(-c2cc(-c3c4ccccc4c(-c4ccc5ccccc5c4)c4ccccc34)c3c(c2)oc2ccccc23)c1. The predicted octanol–water partition coefficient (Wildman–Crippen LogP) is 11.4. The van der Waals surface area contributed by atoms with Gasteiger partial charge in [-0.25, -0.2) is 0 Å². The summed E-state index contributed by atoms with van der Waals surface area (Å²) in [5.41, 5.74) is 8.79. The molecule has 7 aromatic carbocycles. The van der Waals surface area contributed by atoms with Gasteiger partial charge in [0.2, 0.25) is 0 Å². The lowest BCUT2D eigenvalue weighted by molar-refractivity contribution is 0.669. The number of aromatic nitrogens is 1. The summed E-state index contributed by atoms with van der Waals surface area (Å²) in [6, 6.07) is 50.0. The Bertz CT molecular complexity index is 2450. The van der Waals surface area contributed by atoms with Crippen molar-refractivity contribution >= 4 is 54.3 Å². The van der Waals surface area contributed by atoms with Crippen LogP contribution in [0.3, 0.4) is 0 Å². The van der Waals surface area contributed by atoms with Crippen molar-refractivity contribution in [2.45, 2.75) is 0 Å².